The first-order chi connectivity index (χ1) is 14.2. The van der Waals surface area contributed by atoms with Gasteiger partial charge in [-0.05, 0) is 29.8 Å². The molecule has 0 bridgehead atoms. The molecule has 0 atom stereocenters. The molecule has 142 valence electrons. The van der Waals surface area contributed by atoms with Crippen molar-refractivity contribution in [1.29, 1.82) is 0 Å². The Labute approximate surface area is 172 Å². The molecule has 1 heterocycles. The Hall–Kier alpha value is -3.77. The zero-order valence-electron chi connectivity index (χ0n) is 15.2. The van der Waals surface area contributed by atoms with E-state index in [1.165, 1.54) is 6.21 Å². The summed E-state index contributed by atoms with van der Waals surface area (Å²) >= 11 is 5.86. The second kappa shape index (κ2) is 8.50. The van der Waals surface area contributed by atoms with Gasteiger partial charge >= 0.3 is 5.91 Å². The molecule has 1 amide bonds. The second-order valence-corrected chi connectivity index (χ2v) is 6.56. The second-order valence-electron chi connectivity index (χ2n) is 6.12. The Balaban J connectivity index is 1.61. The van der Waals surface area contributed by atoms with Crippen LogP contribution in [0.5, 0.6) is 0 Å². The van der Waals surface area contributed by atoms with Gasteiger partial charge in [0.2, 0.25) is 5.82 Å². The van der Waals surface area contributed by atoms with E-state index in [9.17, 15) is 4.79 Å². The third-order valence-electron chi connectivity index (χ3n) is 4.09. The minimum absolute atomic E-state index is 0.0287. The van der Waals surface area contributed by atoms with Gasteiger partial charge in [0, 0.05) is 10.6 Å². The van der Waals surface area contributed by atoms with E-state index in [0.29, 0.717) is 10.8 Å². The highest BCUT2D eigenvalue weighted by Crippen LogP contribution is 2.20. The number of rotatable bonds is 5. The van der Waals surface area contributed by atoms with Crippen LogP contribution in [0.1, 0.15) is 16.2 Å². The minimum Gasteiger partial charge on any atom is -0.264 e. The van der Waals surface area contributed by atoms with Crippen LogP contribution in [0.2, 0.25) is 5.02 Å². The first kappa shape index (κ1) is 18.6. The van der Waals surface area contributed by atoms with Crippen LogP contribution in [0.3, 0.4) is 0 Å². The lowest BCUT2D eigenvalue weighted by molar-refractivity contribution is 0.0945. The predicted octanol–water partition coefficient (Wildman–Crippen LogP) is 4.35. The number of nitrogens with zero attached hydrogens (tertiary/aromatic N) is 4. The van der Waals surface area contributed by atoms with Gasteiger partial charge in [0.1, 0.15) is 0 Å². The molecule has 29 heavy (non-hydrogen) atoms. The van der Waals surface area contributed by atoms with Crippen molar-refractivity contribution < 1.29 is 4.79 Å². The molecule has 6 nitrogen and oxygen atoms in total. The van der Waals surface area contributed by atoms with E-state index in [2.05, 4.69) is 20.6 Å². The van der Waals surface area contributed by atoms with Crippen molar-refractivity contribution in [2.24, 2.45) is 5.10 Å². The molecule has 0 spiro atoms. The maximum absolute atomic E-state index is 12.5. The molecular weight excluding hydrogens is 386 g/mol. The van der Waals surface area contributed by atoms with E-state index in [-0.39, 0.29) is 5.82 Å². The number of carbonyl (C=O) groups excluding carboxylic acids is 1. The van der Waals surface area contributed by atoms with Crippen LogP contribution in [0.25, 0.3) is 17.1 Å². The number of hydrogen-bond donors (Lipinski definition) is 1. The number of carbonyl (C=O) groups is 1. The van der Waals surface area contributed by atoms with Gasteiger partial charge in [0.25, 0.3) is 0 Å². The summed E-state index contributed by atoms with van der Waals surface area (Å²) in [5.74, 6) is 0.103. The van der Waals surface area contributed by atoms with Gasteiger partial charge in [0.15, 0.2) is 5.82 Å². The summed E-state index contributed by atoms with van der Waals surface area (Å²) < 4.78 is 1.65. The number of halogens is 1. The van der Waals surface area contributed by atoms with Gasteiger partial charge in [-0.3, -0.25) is 4.79 Å². The molecule has 0 aliphatic rings. The van der Waals surface area contributed by atoms with E-state index in [1.54, 1.807) is 28.9 Å². The molecule has 0 aliphatic heterocycles. The van der Waals surface area contributed by atoms with Crippen molar-refractivity contribution in [3.63, 3.8) is 0 Å². The van der Waals surface area contributed by atoms with Crippen LogP contribution in [-0.2, 0) is 0 Å². The van der Waals surface area contributed by atoms with Crippen LogP contribution in [0, 0.1) is 0 Å². The van der Waals surface area contributed by atoms with Crippen molar-refractivity contribution in [3.8, 4) is 17.1 Å². The number of nitrogens with one attached hydrogen (secondary N) is 1. The minimum atomic E-state index is -0.498. The normalized spacial score (nSPS) is 10.9. The van der Waals surface area contributed by atoms with Gasteiger partial charge in [0.05, 0.1) is 11.9 Å². The van der Waals surface area contributed by atoms with E-state index in [0.717, 1.165) is 16.8 Å². The fraction of sp³-hybridized carbons (Fsp3) is 0. The summed E-state index contributed by atoms with van der Waals surface area (Å²) in [7, 11) is 0. The number of amides is 1. The average Bonchev–Trinajstić information content (AvgIpc) is 3.22. The van der Waals surface area contributed by atoms with E-state index in [4.69, 9.17) is 11.6 Å². The molecule has 1 N–H and O–H groups in total. The highest BCUT2D eigenvalue weighted by Gasteiger charge is 2.18. The van der Waals surface area contributed by atoms with E-state index < -0.39 is 5.91 Å². The van der Waals surface area contributed by atoms with E-state index >= 15 is 0 Å². The molecule has 0 aliphatic carbocycles. The number of hydrogen-bond acceptors (Lipinski definition) is 4. The summed E-state index contributed by atoms with van der Waals surface area (Å²) in [4.78, 5) is 17.0. The molecule has 4 rings (SSSR count). The van der Waals surface area contributed by atoms with Crippen LogP contribution < -0.4 is 5.43 Å². The average molecular weight is 402 g/mol. The maximum Gasteiger partial charge on any atom is 0.311 e. The van der Waals surface area contributed by atoms with Gasteiger partial charge in [-0.25, -0.2) is 15.1 Å². The van der Waals surface area contributed by atoms with Gasteiger partial charge in [-0.1, -0.05) is 72.3 Å². The Morgan fingerprint density at radius 3 is 2.28 bits per heavy atom. The van der Waals surface area contributed by atoms with Crippen molar-refractivity contribution in [2.75, 3.05) is 0 Å². The summed E-state index contributed by atoms with van der Waals surface area (Å²) in [6.07, 6.45) is 1.53. The Bertz CT molecular complexity index is 1080. The standard InChI is InChI=1S/C22H16ClN5O/c23-18-13-11-16(12-14-18)15-24-26-22(29)20-25-21(17-7-3-1-4-8-17)28(27-20)19-9-5-2-6-10-19/h1-15H,(H,26,29). The third-order valence-corrected chi connectivity index (χ3v) is 4.34. The molecule has 0 saturated heterocycles. The van der Waals surface area contributed by atoms with Crippen LogP contribution in [0.4, 0.5) is 0 Å². The quantitative estimate of drug-likeness (QED) is 0.399. The molecule has 0 unspecified atom stereocenters. The van der Waals surface area contributed by atoms with Gasteiger partial charge in [-0.2, -0.15) is 5.10 Å². The highest BCUT2D eigenvalue weighted by atomic mass is 35.5. The predicted molar refractivity (Wildman–Crippen MR) is 113 cm³/mol. The molecule has 0 fully saturated rings. The molecule has 7 heteroatoms. The summed E-state index contributed by atoms with van der Waals surface area (Å²) in [6.45, 7) is 0. The molecule has 1 aromatic heterocycles. The van der Waals surface area contributed by atoms with Crippen molar-refractivity contribution >= 4 is 23.7 Å². The summed E-state index contributed by atoms with van der Waals surface area (Å²) in [5, 5.41) is 9.01. The van der Waals surface area contributed by atoms with Crippen molar-refractivity contribution in [2.45, 2.75) is 0 Å². The molecular formula is C22H16ClN5O. The van der Waals surface area contributed by atoms with Crippen molar-refractivity contribution in [1.82, 2.24) is 20.2 Å². The SMILES string of the molecule is O=C(NN=Cc1ccc(Cl)cc1)c1nc(-c2ccccc2)n(-c2ccccc2)n1. The van der Waals surface area contributed by atoms with Crippen LogP contribution in [0.15, 0.2) is 90.0 Å². The number of hydrazone groups is 1. The van der Waals surface area contributed by atoms with Crippen LogP contribution >= 0.6 is 11.6 Å². The lowest BCUT2D eigenvalue weighted by atomic mass is 10.2. The Morgan fingerprint density at radius 2 is 1.59 bits per heavy atom. The largest absolute Gasteiger partial charge is 0.311 e. The summed E-state index contributed by atoms with van der Waals surface area (Å²) in [5.41, 5.74) is 4.93. The first-order valence-electron chi connectivity index (χ1n) is 8.87. The lowest BCUT2D eigenvalue weighted by Crippen LogP contribution is -2.19. The Morgan fingerprint density at radius 1 is 0.931 bits per heavy atom. The van der Waals surface area contributed by atoms with Crippen molar-refractivity contribution in [3.05, 3.63) is 101 Å². The van der Waals surface area contributed by atoms with E-state index in [1.807, 2.05) is 60.7 Å². The zero-order chi connectivity index (χ0) is 20.1. The van der Waals surface area contributed by atoms with Gasteiger partial charge < -0.3 is 0 Å². The van der Waals surface area contributed by atoms with Gasteiger partial charge in [-0.15, -0.1) is 5.10 Å². The monoisotopic (exact) mass is 401 g/mol. The fourth-order valence-corrected chi connectivity index (χ4v) is 2.82. The smallest absolute Gasteiger partial charge is 0.264 e. The molecule has 0 saturated carbocycles. The highest BCUT2D eigenvalue weighted by molar-refractivity contribution is 6.30. The molecule has 4 aromatic rings. The summed E-state index contributed by atoms with van der Waals surface area (Å²) in [6, 6.07) is 26.2. The molecule has 3 aromatic carbocycles. The Kier molecular flexibility index (Phi) is 5.45. The number of aromatic nitrogens is 3. The van der Waals surface area contributed by atoms with Crippen LogP contribution in [-0.4, -0.2) is 26.9 Å². The number of benzene rings is 3. The zero-order valence-corrected chi connectivity index (χ0v) is 16.0. The molecule has 0 radical (unpaired) electrons. The number of para-hydroxylation sites is 1. The maximum atomic E-state index is 12.5. The fourth-order valence-electron chi connectivity index (χ4n) is 2.70. The lowest BCUT2D eigenvalue weighted by Gasteiger charge is -2.05. The third kappa shape index (κ3) is 4.39. The topological polar surface area (TPSA) is 72.2 Å². The first-order valence-corrected chi connectivity index (χ1v) is 9.25.